The van der Waals surface area contributed by atoms with E-state index >= 15 is 0 Å². The van der Waals surface area contributed by atoms with E-state index in [-0.39, 0.29) is 24.0 Å². The smallest absolute Gasteiger partial charge is 0.191 e. The van der Waals surface area contributed by atoms with Gasteiger partial charge in [0.15, 0.2) is 5.96 Å². The zero-order valence-electron chi connectivity index (χ0n) is 12.6. The van der Waals surface area contributed by atoms with Gasteiger partial charge in [0.1, 0.15) is 5.01 Å². The number of aliphatic imine (C=N–C) groups is 1. The molecule has 0 saturated heterocycles. The molecule has 2 heterocycles. The van der Waals surface area contributed by atoms with Gasteiger partial charge < -0.3 is 10.6 Å². The first-order valence-corrected chi connectivity index (χ1v) is 8.06. The van der Waals surface area contributed by atoms with Crippen LogP contribution in [-0.4, -0.2) is 23.0 Å². The Labute approximate surface area is 150 Å². The molecule has 116 valence electrons. The molecule has 21 heavy (non-hydrogen) atoms. The van der Waals surface area contributed by atoms with Gasteiger partial charge in [0.05, 0.1) is 30.0 Å². The van der Waals surface area contributed by atoms with Crippen LogP contribution in [0.2, 0.25) is 0 Å². The zero-order chi connectivity index (χ0) is 14.5. The highest BCUT2D eigenvalue weighted by Crippen LogP contribution is 2.16. The molecule has 0 aliphatic rings. The van der Waals surface area contributed by atoms with Crippen LogP contribution in [-0.2, 0) is 13.1 Å². The minimum atomic E-state index is 0. The SMILES string of the molecule is CN=C(NCc1nc(C)c(C)s1)NCc1scnc1C.I. The molecule has 0 aliphatic heterocycles. The first kappa shape index (κ1) is 18.3. The average molecular weight is 437 g/mol. The number of aryl methyl sites for hydroxylation is 3. The average Bonchev–Trinajstić information content (AvgIpc) is 2.97. The molecule has 0 radical (unpaired) electrons. The Bertz CT molecular complexity index is 586. The predicted octanol–water partition coefficient (Wildman–Crippen LogP) is 3.01. The minimum Gasteiger partial charge on any atom is -0.351 e. The lowest BCUT2D eigenvalue weighted by Gasteiger charge is -2.10. The number of aromatic nitrogens is 2. The molecule has 2 aromatic heterocycles. The Balaban J connectivity index is 0.00000220. The van der Waals surface area contributed by atoms with Gasteiger partial charge in [-0.25, -0.2) is 9.97 Å². The van der Waals surface area contributed by atoms with Crippen LogP contribution < -0.4 is 10.6 Å². The third-order valence-electron chi connectivity index (χ3n) is 2.96. The second-order valence-electron chi connectivity index (χ2n) is 4.39. The Hall–Kier alpha value is -0.740. The second-order valence-corrected chi connectivity index (χ2v) is 6.62. The van der Waals surface area contributed by atoms with Crippen LogP contribution in [0.15, 0.2) is 10.5 Å². The van der Waals surface area contributed by atoms with Crippen molar-refractivity contribution in [2.75, 3.05) is 7.05 Å². The molecule has 0 bridgehead atoms. The van der Waals surface area contributed by atoms with Gasteiger partial charge in [0, 0.05) is 16.8 Å². The van der Waals surface area contributed by atoms with Crippen molar-refractivity contribution in [1.82, 2.24) is 20.6 Å². The Kier molecular flexibility index (Phi) is 7.53. The molecule has 0 fully saturated rings. The number of nitrogens with zero attached hydrogens (tertiary/aromatic N) is 3. The molecule has 8 heteroatoms. The van der Waals surface area contributed by atoms with Gasteiger partial charge in [-0.3, -0.25) is 4.99 Å². The van der Waals surface area contributed by atoms with Gasteiger partial charge in [-0.1, -0.05) is 0 Å². The zero-order valence-corrected chi connectivity index (χ0v) is 16.5. The molecule has 2 aromatic rings. The predicted molar refractivity (Wildman–Crippen MR) is 101 cm³/mol. The van der Waals surface area contributed by atoms with E-state index in [9.17, 15) is 0 Å². The lowest BCUT2D eigenvalue weighted by atomic mass is 10.4. The van der Waals surface area contributed by atoms with Gasteiger partial charge in [-0.05, 0) is 20.8 Å². The van der Waals surface area contributed by atoms with Crippen LogP contribution in [0.1, 0.15) is 26.1 Å². The van der Waals surface area contributed by atoms with E-state index in [4.69, 9.17) is 0 Å². The van der Waals surface area contributed by atoms with Crippen molar-refractivity contribution in [3.05, 3.63) is 31.7 Å². The summed E-state index contributed by atoms with van der Waals surface area (Å²) in [4.78, 5) is 15.5. The summed E-state index contributed by atoms with van der Waals surface area (Å²) in [6.07, 6.45) is 0. The maximum Gasteiger partial charge on any atom is 0.191 e. The fourth-order valence-electron chi connectivity index (χ4n) is 1.65. The molecule has 0 unspecified atom stereocenters. The summed E-state index contributed by atoms with van der Waals surface area (Å²) < 4.78 is 0. The molecular formula is C13H20IN5S2. The molecule has 0 saturated carbocycles. The number of hydrogen-bond donors (Lipinski definition) is 2. The third kappa shape index (κ3) is 5.19. The first-order valence-electron chi connectivity index (χ1n) is 6.36. The van der Waals surface area contributed by atoms with Crippen molar-refractivity contribution >= 4 is 52.6 Å². The van der Waals surface area contributed by atoms with Crippen LogP contribution in [0.3, 0.4) is 0 Å². The largest absolute Gasteiger partial charge is 0.351 e. The van der Waals surface area contributed by atoms with E-state index in [0.717, 1.165) is 28.9 Å². The van der Waals surface area contributed by atoms with Crippen molar-refractivity contribution in [3.63, 3.8) is 0 Å². The molecular weight excluding hydrogens is 417 g/mol. The first-order chi connectivity index (χ1) is 9.60. The van der Waals surface area contributed by atoms with Crippen molar-refractivity contribution < 1.29 is 0 Å². The van der Waals surface area contributed by atoms with Gasteiger partial charge in [-0.15, -0.1) is 46.7 Å². The molecule has 0 atom stereocenters. The molecule has 5 nitrogen and oxygen atoms in total. The highest BCUT2D eigenvalue weighted by atomic mass is 127. The molecule has 0 amide bonds. The van der Waals surface area contributed by atoms with E-state index in [0.29, 0.717) is 6.54 Å². The third-order valence-corrected chi connectivity index (χ3v) is 4.97. The molecule has 2 N–H and O–H groups in total. The normalized spacial score (nSPS) is 11.1. The Morgan fingerprint density at radius 2 is 1.90 bits per heavy atom. The monoisotopic (exact) mass is 437 g/mol. The van der Waals surface area contributed by atoms with Crippen LogP contribution in [0.4, 0.5) is 0 Å². The Morgan fingerprint density at radius 1 is 1.19 bits per heavy atom. The van der Waals surface area contributed by atoms with Crippen LogP contribution >= 0.6 is 46.7 Å². The van der Waals surface area contributed by atoms with Gasteiger partial charge in [0.25, 0.3) is 0 Å². The number of thiazole rings is 2. The quantitative estimate of drug-likeness (QED) is 0.439. The summed E-state index contributed by atoms with van der Waals surface area (Å²) in [6, 6.07) is 0. The second kappa shape index (κ2) is 8.64. The number of rotatable bonds is 4. The van der Waals surface area contributed by atoms with E-state index in [2.05, 4.69) is 32.5 Å². The van der Waals surface area contributed by atoms with Crippen molar-refractivity contribution in [2.24, 2.45) is 4.99 Å². The summed E-state index contributed by atoms with van der Waals surface area (Å²) >= 11 is 3.38. The van der Waals surface area contributed by atoms with E-state index in [1.54, 1.807) is 29.7 Å². The van der Waals surface area contributed by atoms with Crippen LogP contribution in [0.5, 0.6) is 0 Å². The summed E-state index contributed by atoms with van der Waals surface area (Å²) in [5.41, 5.74) is 4.04. The lowest BCUT2D eigenvalue weighted by molar-refractivity contribution is 0.806. The maximum absolute atomic E-state index is 4.51. The van der Waals surface area contributed by atoms with Crippen molar-refractivity contribution in [3.8, 4) is 0 Å². The van der Waals surface area contributed by atoms with Crippen molar-refractivity contribution in [2.45, 2.75) is 33.9 Å². The standard InChI is InChI=1S/C13H19N5S2.HI/c1-8-10(3)20-12(18-8)6-16-13(14-4)15-5-11-9(2)17-7-19-11;/h7H,5-6H2,1-4H3,(H2,14,15,16);1H. The summed E-state index contributed by atoms with van der Waals surface area (Å²) in [7, 11) is 1.77. The molecule has 0 aromatic carbocycles. The molecule has 2 rings (SSSR count). The van der Waals surface area contributed by atoms with Gasteiger partial charge >= 0.3 is 0 Å². The number of halogens is 1. The van der Waals surface area contributed by atoms with E-state index < -0.39 is 0 Å². The van der Waals surface area contributed by atoms with Crippen LogP contribution in [0.25, 0.3) is 0 Å². The highest BCUT2D eigenvalue weighted by Gasteiger charge is 2.06. The number of nitrogens with one attached hydrogen (secondary N) is 2. The van der Waals surface area contributed by atoms with E-state index in [1.165, 1.54) is 9.75 Å². The maximum atomic E-state index is 4.51. The number of guanidine groups is 1. The van der Waals surface area contributed by atoms with Crippen LogP contribution in [0, 0.1) is 20.8 Å². The lowest BCUT2D eigenvalue weighted by Crippen LogP contribution is -2.36. The molecule has 0 aliphatic carbocycles. The van der Waals surface area contributed by atoms with Gasteiger partial charge in [0.2, 0.25) is 0 Å². The number of hydrogen-bond acceptors (Lipinski definition) is 5. The van der Waals surface area contributed by atoms with Crippen molar-refractivity contribution in [1.29, 1.82) is 0 Å². The summed E-state index contributed by atoms with van der Waals surface area (Å²) in [5.74, 6) is 0.781. The highest BCUT2D eigenvalue weighted by molar-refractivity contribution is 14.0. The molecule has 0 spiro atoms. The summed E-state index contributed by atoms with van der Waals surface area (Å²) in [6.45, 7) is 7.59. The topological polar surface area (TPSA) is 62.2 Å². The van der Waals surface area contributed by atoms with Gasteiger partial charge in [-0.2, -0.15) is 0 Å². The summed E-state index contributed by atoms with van der Waals surface area (Å²) in [5, 5.41) is 7.65. The minimum absolute atomic E-state index is 0. The fourth-order valence-corrected chi connectivity index (χ4v) is 3.25. The van der Waals surface area contributed by atoms with E-state index in [1.807, 2.05) is 19.4 Å². The Morgan fingerprint density at radius 3 is 2.43 bits per heavy atom. The fraction of sp³-hybridized carbons (Fsp3) is 0.462.